The van der Waals surface area contributed by atoms with Crippen LogP contribution in [0.5, 0.6) is 0 Å². The zero-order valence-corrected chi connectivity index (χ0v) is 11.5. The third-order valence-electron chi connectivity index (χ3n) is 3.85. The minimum absolute atomic E-state index is 0.136. The van der Waals surface area contributed by atoms with Crippen LogP contribution in [0, 0.1) is 11.8 Å². The van der Waals surface area contributed by atoms with E-state index in [0.717, 1.165) is 17.7 Å². The summed E-state index contributed by atoms with van der Waals surface area (Å²) in [6, 6.07) is 15.6. The second kappa shape index (κ2) is 5.45. The molecule has 1 fully saturated rings. The molecule has 20 heavy (non-hydrogen) atoms. The molecule has 0 saturated heterocycles. The van der Waals surface area contributed by atoms with E-state index in [0.29, 0.717) is 5.92 Å². The first kappa shape index (κ1) is 12.9. The third-order valence-corrected chi connectivity index (χ3v) is 3.85. The first-order valence-electron chi connectivity index (χ1n) is 7.02. The molecule has 0 unspecified atom stereocenters. The van der Waals surface area contributed by atoms with Crippen molar-refractivity contribution in [2.75, 3.05) is 0 Å². The highest BCUT2D eigenvalue weighted by atomic mass is 16.2. The molecule has 0 radical (unpaired) electrons. The van der Waals surface area contributed by atoms with Crippen molar-refractivity contribution in [3.63, 3.8) is 0 Å². The quantitative estimate of drug-likeness (QED) is 0.924. The summed E-state index contributed by atoms with van der Waals surface area (Å²) in [5.74, 6) is 0.817. The Labute approximate surface area is 119 Å². The van der Waals surface area contributed by atoms with Gasteiger partial charge in [-0.2, -0.15) is 0 Å². The summed E-state index contributed by atoms with van der Waals surface area (Å²) in [7, 11) is 0. The second-order valence-electron chi connectivity index (χ2n) is 5.43. The number of nitrogens with one attached hydrogen (secondary N) is 1. The van der Waals surface area contributed by atoms with Gasteiger partial charge < -0.3 is 5.32 Å². The Balaban J connectivity index is 1.86. The van der Waals surface area contributed by atoms with Crippen LogP contribution in [0.15, 0.2) is 54.7 Å². The van der Waals surface area contributed by atoms with Crippen LogP contribution in [0.25, 0.3) is 0 Å². The Kier molecular flexibility index (Phi) is 3.50. The summed E-state index contributed by atoms with van der Waals surface area (Å²) in [6.07, 6.45) is 2.76. The van der Waals surface area contributed by atoms with Crippen molar-refractivity contribution in [2.24, 2.45) is 11.8 Å². The Morgan fingerprint density at radius 2 is 1.90 bits per heavy atom. The predicted octanol–water partition coefficient (Wildman–Crippen LogP) is 2.94. The Hall–Kier alpha value is -2.16. The predicted molar refractivity (Wildman–Crippen MR) is 77.9 cm³/mol. The van der Waals surface area contributed by atoms with Crippen LogP contribution >= 0.6 is 0 Å². The molecule has 1 amide bonds. The molecular weight excluding hydrogens is 248 g/mol. The smallest absolute Gasteiger partial charge is 0.224 e. The van der Waals surface area contributed by atoms with E-state index in [-0.39, 0.29) is 17.9 Å². The summed E-state index contributed by atoms with van der Waals surface area (Å²) in [4.78, 5) is 16.6. The summed E-state index contributed by atoms with van der Waals surface area (Å²) < 4.78 is 0. The van der Waals surface area contributed by atoms with Crippen molar-refractivity contribution >= 4 is 5.91 Å². The molecule has 1 aromatic carbocycles. The molecule has 2 aromatic rings. The van der Waals surface area contributed by atoms with E-state index < -0.39 is 0 Å². The van der Waals surface area contributed by atoms with E-state index >= 15 is 0 Å². The highest BCUT2D eigenvalue weighted by Gasteiger charge is 2.40. The summed E-state index contributed by atoms with van der Waals surface area (Å²) in [5, 5.41) is 3.14. The van der Waals surface area contributed by atoms with Crippen LogP contribution in [0.3, 0.4) is 0 Å². The van der Waals surface area contributed by atoms with Gasteiger partial charge in [-0.3, -0.25) is 9.78 Å². The Morgan fingerprint density at radius 3 is 2.50 bits per heavy atom. The molecule has 3 nitrogen and oxygen atoms in total. The number of carbonyl (C=O) groups excluding carboxylic acids is 1. The van der Waals surface area contributed by atoms with Crippen molar-refractivity contribution < 1.29 is 4.79 Å². The van der Waals surface area contributed by atoms with E-state index in [2.05, 4.69) is 17.2 Å². The van der Waals surface area contributed by atoms with Gasteiger partial charge in [-0.1, -0.05) is 43.3 Å². The number of amides is 1. The molecular formula is C17H18N2O. The van der Waals surface area contributed by atoms with Gasteiger partial charge >= 0.3 is 0 Å². The standard InChI is InChI=1S/C17H18N2O/c1-12-11-14(12)17(20)19-16(13-7-3-2-4-8-13)15-9-5-6-10-18-15/h2-10,12,14,16H,11H2,1H3,(H,19,20)/t12-,14-,16-/m1/s1. The molecule has 1 saturated carbocycles. The minimum atomic E-state index is -0.169. The zero-order valence-electron chi connectivity index (χ0n) is 11.5. The third kappa shape index (κ3) is 2.72. The molecule has 0 bridgehead atoms. The fourth-order valence-electron chi connectivity index (χ4n) is 2.46. The second-order valence-corrected chi connectivity index (χ2v) is 5.43. The molecule has 1 aromatic heterocycles. The van der Waals surface area contributed by atoms with Crippen LogP contribution < -0.4 is 5.32 Å². The van der Waals surface area contributed by atoms with Crippen LogP contribution in [0.4, 0.5) is 0 Å². The molecule has 3 heteroatoms. The number of nitrogens with zero attached hydrogens (tertiary/aromatic N) is 1. The maximum Gasteiger partial charge on any atom is 0.224 e. The number of hydrogen-bond donors (Lipinski definition) is 1. The van der Waals surface area contributed by atoms with Gasteiger partial charge in [-0.25, -0.2) is 0 Å². The highest BCUT2D eigenvalue weighted by molar-refractivity contribution is 5.82. The van der Waals surface area contributed by atoms with Gasteiger partial charge in [0, 0.05) is 12.1 Å². The largest absolute Gasteiger partial charge is 0.343 e. The van der Waals surface area contributed by atoms with Crippen molar-refractivity contribution in [1.29, 1.82) is 0 Å². The molecule has 1 N–H and O–H groups in total. The van der Waals surface area contributed by atoms with Crippen LogP contribution in [0.1, 0.15) is 30.6 Å². The molecule has 0 aliphatic heterocycles. The number of hydrogen-bond acceptors (Lipinski definition) is 2. The summed E-state index contributed by atoms with van der Waals surface area (Å²) in [5.41, 5.74) is 1.94. The van der Waals surface area contributed by atoms with E-state index in [1.807, 2.05) is 48.5 Å². The van der Waals surface area contributed by atoms with Gasteiger partial charge in [-0.15, -0.1) is 0 Å². The SMILES string of the molecule is C[C@@H]1C[C@H]1C(=O)N[C@H](c1ccccc1)c1ccccn1. The fraction of sp³-hybridized carbons (Fsp3) is 0.294. The number of pyridine rings is 1. The lowest BCUT2D eigenvalue weighted by atomic mass is 10.0. The fourth-order valence-corrected chi connectivity index (χ4v) is 2.46. The van der Waals surface area contributed by atoms with E-state index in [4.69, 9.17) is 0 Å². The maximum absolute atomic E-state index is 12.2. The number of rotatable bonds is 4. The van der Waals surface area contributed by atoms with Gasteiger partial charge in [0.15, 0.2) is 0 Å². The first-order valence-corrected chi connectivity index (χ1v) is 7.02. The van der Waals surface area contributed by atoms with Crippen molar-refractivity contribution in [2.45, 2.75) is 19.4 Å². The summed E-state index contributed by atoms with van der Waals surface area (Å²) >= 11 is 0. The van der Waals surface area contributed by atoms with Crippen molar-refractivity contribution in [3.8, 4) is 0 Å². The highest BCUT2D eigenvalue weighted by Crippen LogP contribution is 2.38. The molecule has 102 valence electrons. The topological polar surface area (TPSA) is 42.0 Å². The van der Waals surface area contributed by atoms with Gasteiger partial charge in [0.05, 0.1) is 11.7 Å². The lowest BCUT2D eigenvalue weighted by molar-refractivity contribution is -0.123. The summed E-state index contributed by atoms with van der Waals surface area (Å²) in [6.45, 7) is 2.11. The van der Waals surface area contributed by atoms with E-state index in [1.54, 1.807) is 6.20 Å². The van der Waals surface area contributed by atoms with E-state index in [1.165, 1.54) is 0 Å². The number of benzene rings is 1. The molecule has 0 spiro atoms. The maximum atomic E-state index is 12.2. The Morgan fingerprint density at radius 1 is 1.20 bits per heavy atom. The van der Waals surface area contributed by atoms with Crippen molar-refractivity contribution in [3.05, 3.63) is 66.0 Å². The van der Waals surface area contributed by atoms with Crippen LogP contribution in [-0.2, 0) is 4.79 Å². The van der Waals surface area contributed by atoms with Crippen LogP contribution in [0.2, 0.25) is 0 Å². The first-order chi connectivity index (χ1) is 9.75. The molecule has 1 aliphatic rings. The average molecular weight is 266 g/mol. The van der Waals surface area contributed by atoms with Gasteiger partial charge in [0.2, 0.25) is 5.91 Å². The number of aromatic nitrogens is 1. The normalized spacial score (nSPS) is 22.1. The van der Waals surface area contributed by atoms with Crippen LogP contribution in [-0.4, -0.2) is 10.9 Å². The molecule has 3 rings (SSSR count). The molecule has 1 heterocycles. The molecule has 3 atom stereocenters. The lowest BCUT2D eigenvalue weighted by Crippen LogP contribution is -2.31. The van der Waals surface area contributed by atoms with Gasteiger partial charge in [0.1, 0.15) is 0 Å². The van der Waals surface area contributed by atoms with E-state index in [9.17, 15) is 4.79 Å². The van der Waals surface area contributed by atoms with Gasteiger partial charge in [0.25, 0.3) is 0 Å². The Bertz CT molecular complexity index is 543. The zero-order chi connectivity index (χ0) is 13.9. The average Bonchev–Trinajstić information content (AvgIpc) is 3.23. The molecule has 1 aliphatic carbocycles. The lowest BCUT2D eigenvalue weighted by Gasteiger charge is -2.19. The monoisotopic (exact) mass is 266 g/mol. The minimum Gasteiger partial charge on any atom is -0.343 e. The van der Waals surface area contributed by atoms with Gasteiger partial charge in [-0.05, 0) is 30.0 Å². The van der Waals surface area contributed by atoms with Crippen molar-refractivity contribution in [1.82, 2.24) is 10.3 Å². The number of carbonyl (C=O) groups is 1.